The fraction of sp³-hybridized carbons (Fsp3) is 0.357. The van der Waals surface area contributed by atoms with Gasteiger partial charge in [-0.1, -0.05) is 36.4 Å². The van der Waals surface area contributed by atoms with Crippen molar-refractivity contribution in [2.45, 2.75) is 19.1 Å². The average Bonchev–Trinajstić information content (AvgIpc) is 2.40. The quantitative estimate of drug-likeness (QED) is 0.797. The number of rotatable bonds is 2. The van der Waals surface area contributed by atoms with Gasteiger partial charge in [-0.25, -0.2) is 0 Å². The lowest BCUT2D eigenvalue weighted by Crippen LogP contribution is -3.11. The van der Waals surface area contributed by atoms with E-state index in [1.165, 1.54) is 31.6 Å². The fourth-order valence-corrected chi connectivity index (χ4v) is 1.80. The fourth-order valence-electron chi connectivity index (χ4n) is 1.80. The largest absolute Gasteiger partial charge is 0.542 e. The van der Waals surface area contributed by atoms with Crippen molar-refractivity contribution in [1.82, 2.24) is 0 Å². The van der Waals surface area contributed by atoms with Gasteiger partial charge in [0.25, 0.3) is 0 Å². The molecule has 1 N–H and O–H groups in total. The Morgan fingerprint density at radius 1 is 1.20 bits per heavy atom. The van der Waals surface area contributed by atoms with Crippen LogP contribution in [-0.2, 0) is 11.3 Å². The monoisotopic (exact) mass is 287 g/mol. The molecule has 0 saturated heterocycles. The van der Waals surface area contributed by atoms with Crippen LogP contribution < -0.4 is 10.0 Å². The Balaban J connectivity index is 0.000000246. The minimum atomic E-state index is -5.19. The highest BCUT2D eigenvalue weighted by Gasteiger charge is 2.28. The lowest BCUT2D eigenvalue weighted by Gasteiger charge is -2.19. The number of aliphatic carboxylic acids is 1. The van der Waals surface area contributed by atoms with E-state index >= 15 is 0 Å². The van der Waals surface area contributed by atoms with Gasteiger partial charge in [0, 0.05) is 12.0 Å². The summed E-state index contributed by atoms with van der Waals surface area (Å²) in [7, 11) is 0. The number of hydrogen-bond donors (Lipinski definition) is 1. The second kappa shape index (κ2) is 7.69. The van der Waals surface area contributed by atoms with Crippen LogP contribution >= 0.6 is 0 Å². The predicted molar refractivity (Wildman–Crippen MR) is 65.7 cm³/mol. The molecule has 1 unspecified atom stereocenters. The molecule has 1 aromatic carbocycles. The molecular weight excluding hydrogens is 271 g/mol. The zero-order valence-electron chi connectivity index (χ0n) is 10.8. The van der Waals surface area contributed by atoms with Crippen molar-refractivity contribution in [2.75, 3.05) is 13.1 Å². The number of carbonyl (C=O) groups is 1. The Bertz CT molecular complexity index is 443. The Kier molecular flexibility index (Phi) is 6.24. The van der Waals surface area contributed by atoms with Gasteiger partial charge in [-0.3, -0.25) is 0 Å². The van der Waals surface area contributed by atoms with Crippen molar-refractivity contribution < 1.29 is 28.0 Å². The van der Waals surface area contributed by atoms with Crippen molar-refractivity contribution in [3.8, 4) is 0 Å². The summed E-state index contributed by atoms with van der Waals surface area (Å²) >= 11 is 0. The van der Waals surface area contributed by atoms with Crippen LogP contribution in [0.1, 0.15) is 12.0 Å². The normalized spacial score (nSPS) is 18.1. The first kappa shape index (κ1) is 16.2. The molecule has 6 heteroatoms. The first-order valence-corrected chi connectivity index (χ1v) is 6.20. The van der Waals surface area contributed by atoms with E-state index in [1.807, 2.05) is 0 Å². The number of carbonyl (C=O) groups excluding carboxylic acids is 1. The number of alkyl halides is 3. The predicted octanol–water partition coefficient (Wildman–Crippen LogP) is 0.330. The second-order valence-electron chi connectivity index (χ2n) is 4.41. The molecule has 1 aliphatic rings. The topological polar surface area (TPSA) is 44.6 Å². The number of carboxylic acid groups (broad SMARTS) is 1. The molecule has 2 rings (SSSR count). The standard InChI is InChI=1S/C12H15N.C2HF3O2/c1-3-7-12(8-4-1)11-13-9-5-2-6-10-13;3-2(4,5)1(6)7/h1-5,7-8H,6,9-11H2;(H,6,7). The van der Waals surface area contributed by atoms with E-state index in [0.29, 0.717) is 0 Å². The highest BCUT2D eigenvalue weighted by molar-refractivity contribution is 5.70. The molecule has 0 amide bonds. The average molecular weight is 287 g/mol. The Hall–Kier alpha value is -1.82. The van der Waals surface area contributed by atoms with Crippen LogP contribution in [0.4, 0.5) is 13.2 Å². The zero-order chi connectivity index (χ0) is 15.0. The van der Waals surface area contributed by atoms with E-state index < -0.39 is 12.1 Å². The van der Waals surface area contributed by atoms with Gasteiger partial charge in [-0.15, -0.1) is 0 Å². The molecule has 1 aliphatic heterocycles. The highest BCUT2D eigenvalue weighted by Crippen LogP contribution is 2.11. The molecule has 1 aromatic rings. The van der Waals surface area contributed by atoms with Crippen LogP contribution in [0.2, 0.25) is 0 Å². The van der Waals surface area contributed by atoms with Gasteiger partial charge in [0.05, 0.1) is 13.1 Å². The minimum absolute atomic E-state index is 1.17. The number of nitrogens with one attached hydrogen (secondary N) is 1. The summed E-state index contributed by atoms with van der Waals surface area (Å²) in [5.41, 5.74) is 1.45. The van der Waals surface area contributed by atoms with Gasteiger partial charge in [0.2, 0.25) is 0 Å². The van der Waals surface area contributed by atoms with Crippen LogP contribution in [0.15, 0.2) is 42.5 Å². The minimum Gasteiger partial charge on any atom is -0.542 e. The third-order valence-corrected chi connectivity index (χ3v) is 2.77. The SMILES string of the molecule is C1=CC[NH+](Cc2ccccc2)CC1.O=C([O-])C(F)(F)F. The molecular formula is C14H16F3NO2. The van der Waals surface area contributed by atoms with Gasteiger partial charge in [-0.2, -0.15) is 13.2 Å². The van der Waals surface area contributed by atoms with E-state index in [0.717, 1.165) is 0 Å². The van der Waals surface area contributed by atoms with E-state index in [-0.39, 0.29) is 0 Å². The number of hydrogen-bond acceptors (Lipinski definition) is 2. The van der Waals surface area contributed by atoms with Crippen molar-refractivity contribution >= 4 is 5.97 Å². The Morgan fingerprint density at radius 3 is 2.25 bits per heavy atom. The first-order chi connectivity index (χ1) is 9.39. The van der Waals surface area contributed by atoms with Gasteiger partial charge in [-0.05, 0) is 6.08 Å². The molecule has 110 valence electrons. The van der Waals surface area contributed by atoms with Gasteiger partial charge in [0.15, 0.2) is 0 Å². The molecule has 1 atom stereocenters. The molecule has 0 saturated carbocycles. The lowest BCUT2D eigenvalue weighted by atomic mass is 10.2. The smallest absolute Gasteiger partial charge is 0.430 e. The Morgan fingerprint density at radius 2 is 1.80 bits per heavy atom. The molecule has 0 bridgehead atoms. The second-order valence-corrected chi connectivity index (χ2v) is 4.41. The van der Waals surface area contributed by atoms with Crippen molar-refractivity contribution in [2.24, 2.45) is 0 Å². The van der Waals surface area contributed by atoms with Crippen molar-refractivity contribution in [3.63, 3.8) is 0 Å². The maximum absolute atomic E-state index is 10.5. The van der Waals surface area contributed by atoms with E-state index in [2.05, 4.69) is 42.5 Å². The molecule has 0 aromatic heterocycles. The number of halogens is 3. The van der Waals surface area contributed by atoms with Crippen LogP contribution in [0.25, 0.3) is 0 Å². The molecule has 1 heterocycles. The number of carboxylic acids is 1. The van der Waals surface area contributed by atoms with Gasteiger partial charge >= 0.3 is 6.18 Å². The summed E-state index contributed by atoms with van der Waals surface area (Å²) in [6.07, 6.45) is 0.623. The molecule has 0 aliphatic carbocycles. The third-order valence-electron chi connectivity index (χ3n) is 2.77. The summed E-state index contributed by atoms with van der Waals surface area (Å²) in [5, 5.41) is 8.78. The summed E-state index contributed by atoms with van der Waals surface area (Å²) < 4.78 is 31.5. The molecule has 0 fully saturated rings. The maximum Gasteiger partial charge on any atom is 0.430 e. The summed E-state index contributed by atoms with van der Waals surface area (Å²) in [5.74, 6) is -3.01. The molecule has 3 nitrogen and oxygen atoms in total. The van der Waals surface area contributed by atoms with E-state index in [4.69, 9.17) is 9.90 Å². The zero-order valence-corrected chi connectivity index (χ0v) is 10.8. The van der Waals surface area contributed by atoms with Gasteiger partial charge in [0.1, 0.15) is 12.5 Å². The Labute approximate surface area is 115 Å². The van der Waals surface area contributed by atoms with Crippen molar-refractivity contribution in [3.05, 3.63) is 48.0 Å². The highest BCUT2D eigenvalue weighted by atomic mass is 19.4. The van der Waals surface area contributed by atoms with E-state index in [1.54, 1.807) is 4.90 Å². The molecule has 20 heavy (non-hydrogen) atoms. The van der Waals surface area contributed by atoms with Crippen LogP contribution in [0.3, 0.4) is 0 Å². The summed E-state index contributed by atoms with van der Waals surface area (Å²) in [6, 6.07) is 10.7. The van der Waals surface area contributed by atoms with E-state index in [9.17, 15) is 13.2 Å². The van der Waals surface area contributed by atoms with Crippen LogP contribution in [0, 0.1) is 0 Å². The first-order valence-electron chi connectivity index (χ1n) is 6.20. The van der Waals surface area contributed by atoms with Crippen molar-refractivity contribution in [1.29, 1.82) is 0 Å². The molecule has 0 spiro atoms. The van der Waals surface area contributed by atoms with Crippen LogP contribution in [0.5, 0.6) is 0 Å². The maximum atomic E-state index is 10.5. The van der Waals surface area contributed by atoms with Crippen LogP contribution in [-0.4, -0.2) is 25.2 Å². The third kappa shape index (κ3) is 6.38. The number of quaternary nitrogens is 1. The van der Waals surface area contributed by atoms with Gasteiger partial charge < -0.3 is 14.8 Å². The molecule has 0 radical (unpaired) electrons. The summed E-state index contributed by atoms with van der Waals surface area (Å²) in [6.45, 7) is 3.64. The summed E-state index contributed by atoms with van der Waals surface area (Å²) in [4.78, 5) is 10.5. The lowest BCUT2D eigenvalue weighted by molar-refractivity contribution is -0.909. The number of benzene rings is 1.